The molecule has 1 aliphatic carbocycles. The van der Waals surface area contributed by atoms with Crippen molar-refractivity contribution < 1.29 is 9.59 Å². The normalized spacial score (nSPS) is 15.4. The van der Waals surface area contributed by atoms with Crippen LogP contribution in [0, 0.1) is 12.3 Å². The lowest BCUT2D eigenvalue weighted by atomic mass is 9.78. The van der Waals surface area contributed by atoms with Gasteiger partial charge in [0.25, 0.3) is 5.91 Å². The van der Waals surface area contributed by atoms with Gasteiger partial charge < -0.3 is 0 Å². The number of amides is 1. The maximum absolute atomic E-state index is 12.7. The van der Waals surface area contributed by atoms with Crippen molar-refractivity contribution in [2.75, 3.05) is 5.32 Å². The van der Waals surface area contributed by atoms with E-state index >= 15 is 0 Å². The Hall–Kier alpha value is -2.58. The molecule has 0 radical (unpaired) electrons. The van der Waals surface area contributed by atoms with E-state index < -0.39 is 5.91 Å². The second-order valence-electron chi connectivity index (χ2n) is 7.61. The van der Waals surface area contributed by atoms with E-state index in [-0.39, 0.29) is 16.9 Å². The number of benzene rings is 1. The van der Waals surface area contributed by atoms with Crippen LogP contribution < -0.4 is 5.32 Å². The first-order chi connectivity index (χ1) is 13.2. The number of halogens is 1. The van der Waals surface area contributed by atoms with Crippen LogP contribution in [0.2, 0.25) is 5.02 Å². The van der Waals surface area contributed by atoms with Crippen molar-refractivity contribution in [1.82, 2.24) is 20.0 Å². The number of nitrogens with one attached hydrogen (secondary N) is 1. The fraction of sp³-hybridized carbons (Fsp3) is 0.316. The number of thiazole rings is 1. The van der Waals surface area contributed by atoms with Gasteiger partial charge in [-0.25, -0.2) is 9.67 Å². The van der Waals surface area contributed by atoms with Gasteiger partial charge >= 0.3 is 0 Å². The SMILES string of the molecule is Cc1c(C(=O)Nc2nc3c(s2)C(=O)CC(C)(C)C3)nnn1-c1cccc(Cl)c1. The van der Waals surface area contributed by atoms with Crippen LogP contribution in [-0.2, 0) is 6.42 Å². The van der Waals surface area contributed by atoms with Crippen LogP contribution in [-0.4, -0.2) is 31.7 Å². The molecule has 0 fully saturated rings. The molecule has 0 bridgehead atoms. The van der Waals surface area contributed by atoms with Crippen molar-refractivity contribution in [3.63, 3.8) is 0 Å². The maximum Gasteiger partial charge on any atom is 0.279 e. The van der Waals surface area contributed by atoms with Gasteiger partial charge in [0.05, 0.1) is 22.0 Å². The van der Waals surface area contributed by atoms with Crippen LogP contribution in [0.3, 0.4) is 0 Å². The molecule has 1 aromatic carbocycles. The van der Waals surface area contributed by atoms with Gasteiger partial charge in [0.2, 0.25) is 0 Å². The summed E-state index contributed by atoms with van der Waals surface area (Å²) in [5, 5.41) is 11.8. The molecule has 1 aliphatic rings. The van der Waals surface area contributed by atoms with Crippen LogP contribution in [0.15, 0.2) is 24.3 Å². The lowest BCUT2D eigenvalue weighted by Gasteiger charge is -2.26. The van der Waals surface area contributed by atoms with Crippen molar-refractivity contribution in [2.24, 2.45) is 5.41 Å². The van der Waals surface area contributed by atoms with Gasteiger partial charge in [-0.05, 0) is 37.0 Å². The van der Waals surface area contributed by atoms with Crippen LogP contribution >= 0.6 is 22.9 Å². The number of hydrogen-bond acceptors (Lipinski definition) is 6. The first-order valence-corrected chi connectivity index (χ1v) is 9.95. The summed E-state index contributed by atoms with van der Waals surface area (Å²) in [6, 6.07) is 7.14. The van der Waals surface area contributed by atoms with E-state index in [1.165, 1.54) is 11.3 Å². The Kier molecular flexibility index (Phi) is 4.55. The predicted octanol–water partition coefficient (Wildman–Crippen LogP) is 4.09. The van der Waals surface area contributed by atoms with Crippen molar-refractivity contribution >= 4 is 39.8 Å². The molecule has 1 N–H and O–H groups in total. The molecule has 0 aliphatic heterocycles. The van der Waals surface area contributed by atoms with Gasteiger partial charge in [-0.1, -0.05) is 48.1 Å². The van der Waals surface area contributed by atoms with Crippen molar-refractivity contribution in [1.29, 1.82) is 0 Å². The molecule has 4 rings (SSSR count). The molecule has 2 aromatic heterocycles. The van der Waals surface area contributed by atoms with E-state index in [1.54, 1.807) is 29.8 Å². The Morgan fingerprint density at radius 2 is 2.11 bits per heavy atom. The number of rotatable bonds is 3. The van der Waals surface area contributed by atoms with Gasteiger partial charge in [-0.3, -0.25) is 14.9 Å². The van der Waals surface area contributed by atoms with E-state index in [4.69, 9.17) is 11.6 Å². The molecule has 28 heavy (non-hydrogen) atoms. The molecule has 0 unspecified atom stereocenters. The maximum atomic E-state index is 12.7. The fourth-order valence-corrected chi connectivity index (χ4v) is 4.42. The average molecular weight is 416 g/mol. The Morgan fingerprint density at radius 1 is 1.32 bits per heavy atom. The van der Waals surface area contributed by atoms with Crippen LogP contribution in [0.5, 0.6) is 0 Å². The molecule has 0 saturated carbocycles. The van der Waals surface area contributed by atoms with Crippen LogP contribution in [0.4, 0.5) is 5.13 Å². The van der Waals surface area contributed by atoms with E-state index in [2.05, 4.69) is 20.6 Å². The van der Waals surface area contributed by atoms with Crippen LogP contribution in [0.1, 0.15) is 51.8 Å². The summed E-state index contributed by atoms with van der Waals surface area (Å²) < 4.78 is 1.56. The average Bonchev–Trinajstić information content (AvgIpc) is 3.17. The Balaban J connectivity index is 1.58. The summed E-state index contributed by atoms with van der Waals surface area (Å²) in [7, 11) is 0. The zero-order chi connectivity index (χ0) is 20.1. The minimum Gasteiger partial charge on any atom is -0.296 e. The van der Waals surface area contributed by atoms with Crippen LogP contribution in [0.25, 0.3) is 5.69 Å². The highest BCUT2D eigenvalue weighted by Crippen LogP contribution is 2.38. The molecular formula is C19H18ClN5O2S. The van der Waals surface area contributed by atoms with Gasteiger partial charge in [-0.15, -0.1) is 5.10 Å². The minimum absolute atomic E-state index is 0.0762. The molecule has 0 spiro atoms. The van der Waals surface area contributed by atoms with E-state index in [9.17, 15) is 9.59 Å². The first-order valence-electron chi connectivity index (χ1n) is 8.76. The first kappa shape index (κ1) is 18.8. The van der Waals surface area contributed by atoms with E-state index in [1.807, 2.05) is 19.9 Å². The Bertz CT molecular complexity index is 1100. The number of nitrogens with zero attached hydrogens (tertiary/aromatic N) is 4. The number of hydrogen-bond donors (Lipinski definition) is 1. The standard InChI is InChI=1S/C19H18ClN5O2S/c1-10-15(23-24-25(10)12-6-4-5-11(20)7-12)17(27)22-18-21-13-8-19(2,3)9-14(26)16(13)28-18/h4-7H,8-9H2,1-3H3,(H,21,22,27). The number of Topliss-reactive ketones (excluding diaryl/α,β-unsaturated/α-hetero) is 1. The third kappa shape index (κ3) is 3.45. The van der Waals surface area contributed by atoms with Gasteiger partial charge in [0.1, 0.15) is 0 Å². The Morgan fingerprint density at radius 3 is 2.86 bits per heavy atom. The summed E-state index contributed by atoms with van der Waals surface area (Å²) in [6.45, 7) is 5.85. The summed E-state index contributed by atoms with van der Waals surface area (Å²) in [5.41, 5.74) is 2.13. The largest absolute Gasteiger partial charge is 0.296 e. The number of aromatic nitrogens is 4. The van der Waals surface area contributed by atoms with Gasteiger partial charge in [0.15, 0.2) is 16.6 Å². The molecule has 0 atom stereocenters. The monoisotopic (exact) mass is 415 g/mol. The third-order valence-corrected chi connectivity index (χ3v) is 5.91. The topological polar surface area (TPSA) is 89.8 Å². The molecule has 2 heterocycles. The summed E-state index contributed by atoms with van der Waals surface area (Å²) >= 11 is 7.24. The molecule has 7 nitrogen and oxygen atoms in total. The predicted molar refractivity (Wildman–Crippen MR) is 108 cm³/mol. The molecule has 0 saturated heterocycles. The quantitative estimate of drug-likeness (QED) is 0.695. The third-order valence-electron chi connectivity index (χ3n) is 4.62. The molecular weight excluding hydrogens is 398 g/mol. The summed E-state index contributed by atoms with van der Waals surface area (Å²) in [5.74, 6) is -0.337. The number of anilines is 1. The van der Waals surface area contributed by atoms with Crippen molar-refractivity contribution in [2.45, 2.75) is 33.6 Å². The minimum atomic E-state index is -0.413. The number of ketones is 1. The highest BCUT2D eigenvalue weighted by atomic mass is 35.5. The lowest BCUT2D eigenvalue weighted by Crippen LogP contribution is -2.26. The molecule has 3 aromatic rings. The molecule has 9 heteroatoms. The highest BCUT2D eigenvalue weighted by molar-refractivity contribution is 7.17. The van der Waals surface area contributed by atoms with Gasteiger partial charge in [0, 0.05) is 11.4 Å². The lowest BCUT2D eigenvalue weighted by molar-refractivity contribution is 0.0915. The number of carbonyl (C=O) groups is 2. The van der Waals surface area contributed by atoms with E-state index in [0.717, 1.165) is 5.69 Å². The zero-order valence-corrected chi connectivity index (χ0v) is 17.2. The number of carbonyl (C=O) groups excluding carboxylic acids is 2. The highest BCUT2D eigenvalue weighted by Gasteiger charge is 2.34. The summed E-state index contributed by atoms with van der Waals surface area (Å²) in [6.07, 6.45) is 1.20. The van der Waals surface area contributed by atoms with E-state index in [0.29, 0.717) is 39.3 Å². The second kappa shape index (κ2) is 6.79. The number of fused-ring (bicyclic) bond motifs is 1. The fourth-order valence-electron chi connectivity index (χ4n) is 3.32. The second-order valence-corrected chi connectivity index (χ2v) is 9.04. The zero-order valence-electron chi connectivity index (χ0n) is 15.6. The summed E-state index contributed by atoms with van der Waals surface area (Å²) in [4.78, 5) is 30.1. The molecule has 144 valence electrons. The Labute approximate surface area is 170 Å². The van der Waals surface area contributed by atoms with Crippen molar-refractivity contribution in [3.05, 3.63) is 51.2 Å². The molecule has 1 amide bonds. The van der Waals surface area contributed by atoms with Gasteiger partial charge in [-0.2, -0.15) is 0 Å². The van der Waals surface area contributed by atoms with Crippen molar-refractivity contribution in [3.8, 4) is 5.69 Å². The smallest absolute Gasteiger partial charge is 0.279 e.